The minimum absolute atomic E-state index is 0.00765. The van der Waals surface area contributed by atoms with Crippen molar-refractivity contribution in [2.24, 2.45) is 5.92 Å². The van der Waals surface area contributed by atoms with Gasteiger partial charge in [-0.3, -0.25) is 9.78 Å². The lowest BCUT2D eigenvalue weighted by Gasteiger charge is -2.25. The van der Waals surface area contributed by atoms with E-state index in [9.17, 15) is 4.79 Å². The summed E-state index contributed by atoms with van der Waals surface area (Å²) in [6, 6.07) is 5.89. The molecule has 1 aliphatic heterocycles. The molecule has 3 aromatic heterocycles. The molecule has 8 nitrogen and oxygen atoms in total. The van der Waals surface area contributed by atoms with Crippen LogP contribution in [0.2, 0.25) is 0 Å². The molecule has 0 aromatic carbocycles. The fraction of sp³-hybridized carbons (Fsp3) is 0.316. The first-order valence-corrected chi connectivity index (χ1v) is 8.96. The third kappa shape index (κ3) is 3.85. The van der Waals surface area contributed by atoms with Crippen LogP contribution in [0, 0.1) is 5.92 Å². The van der Waals surface area contributed by atoms with Gasteiger partial charge in [-0.25, -0.2) is 15.0 Å². The highest BCUT2D eigenvalue weighted by atomic mass is 16.2. The predicted molar refractivity (Wildman–Crippen MR) is 104 cm³/mol. The molecule has 1 saturated heterocycles. The van der Waals surface area contributed by atoms with Gasteiger partial charge in [0.25, 0.3) is 0 Å². The molecule has 0 aliphatic carbocycles. The van der Waals surface area contributed by atoms with Gasteiger partial charge in [-0.15, -0.1) is 0 Å². The number of pyridine rings is 2. The fourth-order valence-corrected chi connectivity index (χ4v) is 2.78. The molecule has 27 heavy (non-hydrogen) atoms. The summed E-state index contributed by atoms with van der Waals surface area (Å²) in [5, 5.41) is 10.1. The van der Waals surface area contributed by atoms with Crippen LogP contribution in [0.3, 0.4) is 0 Å². The van der Waals surface area contributed by atoms with Gasteiger partial charge in [-0.05, 0) is 26.0 Å². The third-order valence-electron chi connectivity index (χ3n) is 4.31. The van der Waals surface area contributed by atoms with Gasteiger partial charge in [-0.2, -0.15) is 0 Å². The molecule has 0 spiro atoms. The first-order chi connectivity index (χ1) is 13.1. The molecule has 0 atom stereocenters. The molecule has 0 unspecified atom stereocenters. The van der Waals surface area contributed by atoms with E-state index >= 15 is 0 Å². The van der Waals surface area contributed by atoms with Gasteiger partial charge in [0.05, 0.1) is 29.5 Å². The standard InChI is InChI=1S/C19H21N7O/c1-11(2)23-18-10-21-9-16(25-18)14-4-3-12-8-22-17(5-15(12)24-14)26-19(27)13-6-20-7-13/h3-5,8-11,13,20H,6-7H2,1-2H3,(H,23,25)(H,22,26,27). The number of hydrogen-bond acceptors (Lipinski definition) is 7. The number of aromatic nitrogens is 4. The average molecular weight is 363 g/mol. The molecule has 4 rings (SSSR count). The third-order valence-corrected chi connectivity index (χ3v) is 4.31. The van der Waals surface area contributed by atoms with Crippen molar-refractivity contribution in [1.82, 2.24) is 25.3 Å². The Morgan fingerprint density at radius 3 is 2.70 bits per heavy atom. The summed E-state index contributed by atoms with van der Waals surface area (Å²) in [4.78, 5) is 29.9. The van der Waals surface area contributed by atoms with Gasteiger partial charge in [-0.1, -0.05) is 0 Å². The molecule has 1 aliphatic rings. The van der Waals surface area contributed by atoms with Gasteiger partial charge in [0.2, 0.25) is 5.91 Å². The Labute approximate surface area is 156 Å². The van der Waals surface area contributed by atoms with Crippen molar-refractivity contribution in [3.05, 3.63) is 36.8 Å². The topological polar surface area (TPSA) is 105 Å². The zero-order chi connectivity index (χ0) is 18.8. The monoisotopic (exact) mass is 363 g/mol. The number of nitrogens with one attached hydrogen (secondary N) is 3. The van der Waals surface area contributed by atoms with Gasteiger partial charge < -0.3 is 16.0 Å². The van der Waals surface area contributed by atoms with E-state index in [1.54, 1.807) is 24.7 Å². The van der Waals surface area contributed by atoms with E-state index in [0.29, 0.717) is 36.1 Å². The van der Waals surface area contributed by atoms with Crippen molar-refractivity contribution < 1.29 is 4.79 Å². The minimum Gasteiger partial charge on any atom is -0.367 e. The molecule has 3 N–H and O–H groups in total. The maximum Gasteiger partial charge on any atom is 0.231 e. The number of anilines is 2. The lowest BCUT2D eigenvalue weighted by Crippen LogP contribution is -2.48. The quantitative estimate of drug-likeness (QED) is 0.637. The van der Waals surface area contributed by atoms with Gasteiger partial charge >= 0.3 is 0 Å². The predicted octanol–water partition coefficient (Wildman–Crippen LogP) is 2.06. The largest absolute Gasteiger partial charge is 0.367 e. The maximum absolute atomic E-state index is 12.1. The maximum atomic E-state index is 12.1. The van der Waals surface area contributed by atoms with Crippen molar-refractivity contribution in [2.75, 3.05) is 23.7 Å². The van der Waals surface area contributed by atoms with Crippen LogP contribution >= 0.6 is 0 Å². The normalized spacial score (nSPS) is 14.2. The summed E-state index contributed by atoms with van der Waals surface area (Å²) in [7, 11) is 0. The zero-order valence-corrected chi connectivity index (χ0v) is 15.2. The van der Waals surface area contributed by atoms with Crippen molar-refractivity contribution >= 4 is 28.4 Å². The van der Waals surface area contributed by atoms with Crippen LogP contribution in [-0.2, 0) is 4.79 Å². The highest BCUT2D eigenvalue weighted by Crippen LogP contribution is 2.22. The lowest BCUT2D eigenvalue weighted by atomic mass is 10.0. The molecule has 0 radical (unpaired) electrons. The second kappa shape index (κ2) is 7.24. The van der Waals surface area contributed by atoms with E-state index in [1.807, 2.05) is 26.0 Å². The Morgan fingerprint density at radius 2 is 1.96 bits per heavy atom. The highest BCUT2D eigenvalue weighted by Gasteiger charge is 2.25. The summed E-state index contributed by atoms with van der Waals surface area (Å²) in [6.45, 7) is 5.51. The summed E-state index contributed by atoms with van der Waals surface area (Å²) >= 11 is 0. The Morgan fingerprint density at radius 1 is 1.11 bits per heavy atom. The van der Waals surface area contributed by atoms with E-state index < -0.39 is 0 Å². The number of carbonyl (C=O) groups is 1. The van der Waals surface area contributed by atoms with E-state index in [2.05, 4.69) is 35.9 Å². The zero-order valence-electron chi connectivity index (χ0n) is 15.2. The number of amides is 1. The number of fused-ring (bicyclic) bond motifs is 1. The first kappa shape index (κ1) is 17.3. The summed E-state index contributed by atoms with van der Waals surface area (Å²) < 4.78 is 0. The van der Waals surface area contributed by atoms with Crippen LogP contribution in [0.1, 0.15) is 13.8 Å². The molecule has 1 amide bonds. The van der Waals surface area contributed by atoms with Crippen molar-refractivity contribution in [2.45, 2.75) is 19.9 Å². The molecule has 0 saturated carbocycles. The Bertz CT molecular complexity index is 985. The number of rotatable bonds is 5. The van der Waals surface area contributed by atoms with Gasteiger partial charge in [0.15, 0.2) is 0 Å². The van der Waals surface area contributed by atoms with Crippen molar-refractivity contribution in [1.29, 1.82) is 0 Å². The molecular weight excluding hydrogens is 342 g/mol. The van der Waals surface area contributed by atoms with E-state index in [-0.39, 0.29) is 17.9 Å². The van der Waals surface area contributed by atoms with E-state index in [4.69, 9.17) is 0 Å². The van der Waals surface area contributed by atoms with Gasteiger partial charge in [0, 0.05) is 36.8 Å². The van der Waals surface area contributed by atoms with Crippen LogP contribution in [0.25, 0.3) is 22.3 Å². The van der Waals surface area contributed by atoms with Gasteiger partial charge in [0.1, 0.15) is 17.3 Å². The molecule has 8 heteroatoms. The summed E-state index contributed by atoms with van der Waals surface area (Å²) in [5.41, 5.74) is 2.15. The molecule has 3 aromatic rings. The lowest BCUT2D eigenvalue weighted by molar-refractivity contribution is -0.121. The first-order valence-electron chi connectivity index (χ1n) is 8.96. The Balaban J connectivity index is 1.61. The molecule has 1 fully saturated rings. The molecule has 0 bridgehead atoms. The van der Waals surface area contributed by atoms with Crippen LogP contribution in [0.5, 0.6) is 0 Å². The van der Waals surface area contributed by atoms with Crippen LogP contribution in [0.15, 0.2) is 36.8 Å². The fourth-order valence-electron chi connectivity index (χ4n) is 2.78. The summed E-state index contributed by atoms with van der Waals surface area (Å²) in [5.74, 6) is 1.20. The summed E-state index contributed by atoms with van der Waals surface area (Å²) in [6.07, 6.45) is 5.09. The Hall–Kier alpha value is -3.13. The SMILES string of the molecule is CC(C)Nc1cncc(-c2ccc3cnc(NC(=O)C4CNC4)cc3n2)n1. The number of hydrogen-bond donors (Lipinski definition) is 3. The molecule has 4 heterocycles. The van der Waals surface area contributed by atoms with Crippen LogP contribution in [0.4, 0.5) is 11.6 Å². The highest BCUT2D eigenvalue weighted by molar-refractivity contribution is 5.94. The van der Waals surface area contributed by atoms with Crippen LogP contribution < -0.4 is 16.0 Å². The van der Waals surface area contributed by atoms with E-state index in [0.717, 1.165) is 10.9 Å². The smallest absolute Gasteiger partial charge is 0.231 e. The van der Waals surface area contributed by atoms with Crippen molar-refractivity contribution in [3.8, 4) is 11.4 Å². The van der Waals surface area contributed by atoms with Crippen molar-refractivity contribution in [3.63, 3.8) is 0 Å². The number of nitrogens with zero attached hydrogens (tertiary/aromatic N) is 4. The van der Waals surface area contributed by atoms with Crippen LogP contribution in [-0.4, -0.2) is 45.0 Å². The van der Waals surface area contributed by atoms with E-state index in [1.165, 1.54) is 0 Å². The minimum atomic E-state index is -0.0184. The second-order valence-electron chi connectivity index (χ2n) is 6.89. The molecular formula is C19H21N7O. The Kier molecular flexibility index (Phi) is 4.64. The average Bonchev–Trinajstić information content (AvgIpc) is 2.59. The number of carbonyl (C=O) groups excluding carboxylic acids is 1. The second-order valence-corrected chi connectivity index (χ2v) is 6.89. The molecule has 138 valence electrons.